The molecule has 4 heterocycles. The highest BCUT2D eigenvalue weighted by Crippen LogP contribution is 2.48. The lowest BCUT2D eigenvalue weighted by Crippen LogP contribution is -2.58. The summed E-state index contributed by atoms with van der Waals surface area (Å²) >= 11 is 0. The molecule has 0 atom stereocenters. The largest absolute Gasteiger partial charge is 0.311 e. The molecule has 0 fully saturated rings. The molecule has 78 heavy (non-hydrogen) atoms. The Balaban J connectivity index is 1.15. The topological polar surface area (TPSA) is 58.0 Å². The minimum Gasteiger partial charge on any atom is -0.311 e. The molecule has 0 saturated heterocycles. The predicted molar refractivity (Wildman–Crippen MR) is 331 cm³/mol. The molecule has 0 bridgehead atoms. The first-order chi connectivity index (χ1) is 38.2. The molecule has 0 amide bonds. The van der Waals surface area contributed by atoms with Gasteiger partial charge in [0.05, 0.1) is 22.8 Å². The number of nitrogens with zero attached hydrogens (tertiary/aromatic N) is 6. The number of hydrogen-bond acceptors (Lipinski definition) is 6. The van der Waals surface area contributed by atoms with E-state index in [9.17, 15) is 0 Å². The Hall–Kier alpha value is -9.35. The summed E-state index contributed by atoms with van der Waals surface area (Å²) in [6.45, 7) is 9.92. The second-order valence-corrected chi connectivity index (χ2v) is 30.1. The van der Waals surface area contributed by atoms with Gasteiger partial charge in [-0.3, -0.25) is 0 Å². The molecule has 2 aromatic heterocycles. The Morgan fingerprint density at radius 3 is 0.859 bits per heavy atom. The lowest BCUT2D eigenvalue weighted by Gasteiger charge is -2.41. The Labute approximate surface area is 457 Å². The maximum Gasteiger partial charge on any atom is 0.160 e. The van der Waals surface area contributed by atoms with Crippen molar-refractivity contribution in [2.24, 2.45) is 0 Å². The van der Waals surface area contributed by atoms with Crippen LogP contribution in [0.15, 0.2) is 255 Å². The van der Waals surface area contributed by atoms with Gasteiger partial charge in [-0.05, 0) is 92.2 Å². The normalized spacial score (nSPS) is 13.8. The van der Waals surface area contributed by atoms with Crippen LogP contribution in [0.3, 0.4) is 0 Å². The number of anilines is 6. The molecule has 0 N–H and O–H groups in total. The summed E-state index contributed by atoms with van der Waals surface area (Å²) < 4.78 is 0. The van der Waals surface area contributed by atoms with Crippen LogP contribution in [0.4, 0.5) is 34.1 Å². The zero-order chi connectivity index (χ0) is 52.5. The van der Waals surface area contributed by atoms with Gasteiger partial charge in [0.2, 0.25) is 0 Å². The standard InChI is InChI=1S/C70H54N6Si2/c1-77(2)65-37-21-17-33-61(65)75(62-34-18-22-38-66(62)77)51-41-53-54(55(43-51)59-45-57(47-25-9-5-10-26-47)71-69(73-59)49-29-13-7-14-30-49)42-52(76-63-35-19-23-39-67(63)78(3,4)68-40-24-20-36-64(68)76)44-56(53)60-46-58(48-27-11-6-12-28-48)72-70(74-60)50-31-15-8-16-32-50/h5-46H,1-4H3. The van der Waals surface area contributed by atoms with Crippen LogP contribution < -0.4 is 30.5 Å². The molecule has 12 aromatic rings. The summed E-state index contributed by atoms with van der Waals surface area (Å²) in [5, 5.41) is 7.65. The van der Waals surface area contributed by atoms with Gasteiger partial charge in [-0.25, -0.2) is 19.9 Å². The third-order valence-electron chi connectivity index (χ3n) is 16.0. The summed E-state index contributed by atoms with van der Waals surface area (Å²) in [6, 6.07) is 91.8. The number of para-hydroxylation sites is 4. The van der Waals surface area contributed by atoms with Crippen LogP contribution in [-0.2, 0) is 0 Å². The summed E-state index contributed by atoms with van der Waals surface area (Å²) in [7, 11) is -4.29. The van der Waals surface area contributed by atoms with Crippen LogP contribution in [0.25, 0.3) is 78.6 Å². The van der Waals surface area contributed by atoms with Gasteiger partial charge in [-0.1, -0.05) is 220 Å². The van der Waals surface area contributed by atoms with E-state index in [0.717, 1.165) is 78.3 Å². The van der Waals surface area contributed by atoms with E-state index in [1.165, 1.54) is 43.5 Å². The van der Waals surface area contributed by atoms with Crippen molar-refractivity contribution in [2.45, 2.75) is 26.2 Å². The molecule has 0 aliphatic carbocycles. The predicted octanol–water partition coefficient (Wildman–Crippen LogP) is 15.6. The summed E-state index contributed by atoms with van der Waals surface area (Å²) in [5.74, 6) is 1.32. The molecule has 2 aliphatic rings. The molecule has 0 spiro atoms. The van der Waals surface area contributed by atoms with Gasteiger partial charge in [-0.2, -0.15) is 0 Å². The maximum atomic E-state index is 5.63. The molecule has 372 valence electrons. The number of benzene rings is 10. The third-order valence-corrected chi connectivity index (χ3v) is 23.1. The third kappa shape index (κ3) is 7.90. The van der Waals surface area contributed by atoms with Crippen molar-refractivity contribution >= 4 is 81.8 Å². The number of rotatable bonds is 8. The first kappa shape index (κ1) is 47.1. The minimum absolute atomic E-state index is 0.658. The Morgan fingerprint density at radius 2 is 0.538 bits per heavy atom. The van der Waals surface area contributed by atoms with E-state index in [-0.39, 0.29) is 0 Å². The van der Waals surface area contributed by atoms with Crippen molar-refractivity contribution in [3.05, 3.63) is 255 Å². The van der Waals surface area contributed by atoms with Crippen molar-refractivity contribution < 1.29 is 0 Å². The fourth-order valence-electron chi connectivity index (χ4n) is 12.1. The Kier molecular flexibility index (Phi) is 11.3. The highest BCUT2D eigenvalue weighted by atomic mass is 28.3. The zero-order valence-corrected chi connectivity index (χ0v) is 45.9. The maximum absolute atomic E-state index is 5.63. The first-order valence-electron chi connectivity index (χ1n) is 26.8. The van der Waals surface area contributed by atoms with Crippen LogP contribution >= 0.6 is 0 Å². The Bertz CT molecular complexity index is 3790. The molecule has 14 rings (SSSR count). The van der Waals surface area contributed by atoms with Crippen LogP contribution in [0.5, 0.6) is 0 Å². The van der Waals surface area contributed by atoms with Gasteiger partial charge in [0.15, 0.2) is 11.6 Å². The quantitative estimate of drug-likeness (QED) is 0.141. The molecule has 0 saturated carbocycles. The lowest BCUT2D eigenvalue weighted by atomic mass is 9.92. The van der Waals surface area contributed by atoms with E-state index in [4.69, 9.17) is 19.9 Å². The van der Waals surface area contributed by atoms with E-state index >= 15 is 0 Å². The van der Waals surface area contributed by atoms with Crippen molar-refractivity contribution in [1.29, 1.82) is 0 Å². The molecule has 0 unspecified atom stereocenters. The van der Waals surface area contributed by atoms with Crippen LogP contribution in [0, 0.1) is 0 Å². The monoisotopic (exact) mass is 1030 g/mol. The van der Waals surface area contributed by atoms with Gasteiger partial charge in [0.1, 0.15) is 16.1 Å². The van der Waals surface area contributed by atoms with E-state index in [1.54, 1.807) is 0 Å². The summed E-state index contributed by atoms with van der Waals surface area (Å²) in [5.41, 5.74) is 16.0. The Morgan fingerprint density at radius 1 is 0.269 bits per heavy atom. The molecular weight excluding hydrogens is 981 g/mol. The number of fused-ring (bicyclic) bond motifs is 5. The smallest absolute Gasteiger partial charge is 0.160 e. The number of hydrogen-bond donors (Lipinski definition) is 0. The van der Waals surface area contributed by atoms with Gasteiger partial charge >= 0.3 is 0 Å². The van der Waals surface area contributed by atoms with Crippen molar-refractivity contribution in [3.63, 3.8) is 0 Å². The zero-order valence-electron chi connectivity index (χ0n) is 43.9. The second-order valence-electron chi connectivity index (χ2n) is 21.5. The van der Waals surface area contributed by atoms with Gasteiger partial charge in [0.25, 0.3) is 0 Å². The van der Waals surface area contributed by atoms with E-state index < -0.39 is 16.1 Å². The van der Waals surface area contributed by atoms with Crippen molar-refractivity contribution in [1.82, 2.24) is 19.9 Å². The molecule has 0 radical (unpaired) electrons. The van der Waals surface area contributed by atoms with E-state index in [0.29, 0.717) is 11.6 Å². The van der Waals surface area contributed by atoms with Crippen molar-refractivity contribution in [3.8, 4) is 67.8 Å². The SMILES string of the molecule is C[Si]1(C)c2ccccc2N(c2cc(-c3cc(-c4ccccc4)nc(-c4ccccc4)n3)c3cc(N4c5ccccc5[Si](C)(C)c5ccccc54)cc(-c4cc(-c5ccccc5)nc(-c5ccccc5)n4)c3c2)c2ccccc21. The molecule has 8 heteroatoms. The first-order valence-corrected chi connectivity index (χ1v) is 32.8. The fourth-order valence-corrected chi connectivity index (χ4v) is 18.1. The molecule has 6 nitrogen and oxygen atoms in total. The summed E-state index contributed by atoms with van der Waals surface area (Å²) in [4.78, 5) is 26.9. The van der Waals surface area contributed by atoms with Crippen LogP contribution in [0.1, 0.15) is 0 Å². The van der Waals surface area contributed by atoms with Crippen LogP contribution in [0.2, 0.25) is 26.2 Å². The highest BCUT2D eigenvalue weighted by molar-refractivity contribution is 7.03. The molecular formula is C70H54N6Si2. The average Bonchev–Trinajstić information content (AvgIpc) is 3.69. The lowest BCUT2D eigenvalue weighted by molar-refractivity contribution is 1.18. The molecule has 2 aliphatic heterocycles. The van der Waals surface area contributed by atoms with Crippen molar-refractivity contribution in [2.75, 3.05) is 9.80 Å². The average molecular weight is 1040 g/mol. The van der Waals surface area contributed by atoms with Gasteiger partial charge < -0.3 is 9.80 Å². The van der Waals surface area contributed by atoms with Gasteiger partial charge in [-0.15, -0.1) is 0 Å². The molecule has 10 aromatic carbocycles. The van der Waals surface area contributed by atoms with Crippen LogP contribution in [-0.4, -0.2) is 36.1 Å². The highest BCUT2D eigenvalue weighted by Gasteiger charge is 2.40. The summed E-state index contributed by atoms with van der Waals surface area (Å²) in [6.07, 6.45) is 0. The number of aromatic nitrogens is 4. The van der Waals surface area contributed by atoms with E-state index in [2.05, 4.69) is 279 Å². The van der Waals surface area contributed by atoms with Gasteiger partial charge in [0, 0.05) is 67.5 Å². The second kappa shape index (κ2) is 18.7. The fraction of sp³-hybridized carbons (Fsp3) is 0.0571. The minimum atomic E-state index is -2.15. The van der Waals surface area contributed by atoms with E-state index in [1.807, 2.05) is 12.1 Å².